The fourth-order valence-electron chi connectivity index (χ4n) is 1.57. The quantitative estimate of drug-likeness (QED) is 0.689. The van der Waals surface area contributed by atoms with Crippen LogP contribution >= 0.6 is 11.6 Å². The van der Waals surface area contributed by atoms with Gasteiger partial charge in [-0.15, -0.1) is 0 Å². The monoisotopic (exact) mass is 245 g/mol. The lowest BCUT2D eigenvalue weighted by molar-refractivity contribution is 1.10. The summed E-state index contributed by atoms with van der Waals surface area (Å²) in [5.41, 5.74) is 8.41. The summed E-state index contributed by atoms with van der Waals surface area (Å²) in [6.07, 6.45) is 1.66. The van der Waals surface area contributed by atoms with Gasteiger partial charge in [0.25, 0.3) is 0 Å². The Kier molecular flexibility index (Phi) is 2.19. The summed E-state index contributed by atoms with van der Waals surface area (Å²) in [5.74, 6) is 0.426. The van der Waals surface area contributed by atoms with E-state index in [-0.39, 0.29) is 0 Å². The number of fused-ring (bicyclic) bond motifs is 1. The molecule has 0 saturated carbocycles. The van der Waals surface area contributed by atoms with Crippen LogP contribution in [0.4, 0.5) is 5.82 Å². The molecule has 0 aliphatic rings. The van der Waals surface area contributed by atoms with Gasteiger partial charge in [-0.2, -0.15) is 5.10 Å². The number of anilines is 1. The maximum absolute atomic E-state index is 5.83. The molecule has 6 heteroatoms. The van der Waals surface area contributed by atoms with Crippen molar-refractivity contribution in [3.8, 4) is 11.3 Å². The Labute approximate surface area is 102 Å². The smallest absolute Gasteiger partial charge is 0.202 e. The molecule has 0 unspecified atom stereocenters. The van der Waals surface area contributed by atoms with Crippen LogP contribution in [0.25, 0.3) is 22.4 Å². The van der Waals surface area contributed by atoms with E-state index in [2.05, 4.69) is 20.2 Å². The molecule has 0 fully saturated rings. The van der Waals surface area contributed by atoms with Gasteiger partial charge in [0.05, 0.1) is 11.9 Å². The zero-order valence-corrected chi connectivity index (χ0v) is 9.44. The van der Waals surface area contributed by atoms with Crippen LogP contribution in [0.1, 0.15) is 0 Å². The topological polar surface area (TPSA) is 80.5 Å². The fraction of sp³-hybridized carbons (Fsp3) is 0. The molecule has 0 saturated heterocycles. The maximum atomic E-state index is 5.83. The van der Waals surface area contributed by atoms with Crippen LogP contribution in [0.15, 0.2) is 30.5 Å². The predicted molar refractivity (Wildman–Crippen MR) is 66.5 cm³/mol. The van der Waals surface area contributed by atoms with Crippen molar-refractivity contribution in [1.82, 2.24) is 20.2 Å². The van der Waals surface area contributed by atoms with E-state index in [0.29, 0.717) is 22.0 Å². The molecule has 0 atom stereocenters. The van der Waals surface area contributed by atoms with Crippen molar-refractivity contribution < 1.29 is 0 Å². The first-order valence-electron chi connectivity index (χ1n) is 4.96. The molecule has 2 heterocycles. The van der Waals surface area contributed by atoms with Gasteiger partial charge < -0.3 is 5.73 Å². The van der Waals surface area contributed by atoms with Gasteiger partial charge in [0.1, 0.15) is 5.82 Å². The molecular weight excluding hydrogens is 238 g/mol. The molecule has 0 amide bonds. The van der Waals surface area contributed by atoms with Crippen molar-refractivity contribution in [2.45, 2.75) is 0 Å². The summed E-state index contributed by atoms with van der Waals surface area (Å²) in [6.45, 7) is 0. The van der Waals surface area contributed by atoms with Crippen LogP contribution in [0.3, 0.4) is 0 Å². The maximum Gasteiger partial charge on any atom is 0.202 e. The van der Waals surface area contributed by atoms with Gasteiger partial charge in [0, 0.05) is 10.6 Å². The minimum Gasteiger partial charge on any atom is -0.382 e. The molecule has 0 radical (unpaired) electrons. The summed E-state index contributed by atoms with van der Waals surface area (Å²) < 4.78 is 0. The highest BCUT2D eigenvalue weighted by Gasteiger charge is 2.07. The van der Waals surface area contributed by atoms with Crippen molar-refractivity contribution >= 4 is 28.6 Å². The number of H-pyrrole nitrogens is 1. The van der Waals surface area contributed by atoms with Gasteiger partial charge in [-0.3, -0.25) is 5.10 Å². The molecule has 0 aliphatic heterocycles. The number of nitrogen functional groups attached to an aromatic ring is 1. The Morgan fingerprint density at radius 1 is 1.18 bits per heavy atom. The van der Waals surface area contributed by atoms with Crippen LogP contribution in [0.5, 0.6) is 0 Å². The average molecular weight is 246 g/mol. The second kappa shape index (κ2) is 3.71. The molecule has 0 spiro atoms. The Balaban J connectivity index is 2.14. The highest BCUT2D eigenvalue weighted by Crippen LogP contribution is 2.21. The number of benzene rings is 1. The summed E-state index contributed by atoms with van der Waals surface area (Å²) in [4.78, 5) is 8.59. The summed E-state index contributed by atoms with van der Waals surface area (Å²) in [6, 6.07) is 7.38. The fourth-order valence-corrected chi connectivity index (χ4v) is 1.70. The number of nitrogens with two attached hydrogens (primary N) is 1. The first kappa shape index (κ1) is 10.0. The van der Waals surface area contributed by atoms with E-state index in [0.717, 1.165) is 11.3 Å². The second-order valence-electron chi connectivity index (χ2n) is 3.57. The van der Waals surface area contributed by atoms with Crippen molar-refractivity contribution in [3.63, 3.8) is 0 Å². The van der Waals surface area contributed by atoms with Gasteiger partial charge in [-0.1, -0.05) is 23.7 Å². The Morgan fingerprint density at radius 2 is 1.94 bits per heavy atom. The van der Waals surface area contributed by atoms with Crippen LogP contribution in [0.2, 0.25) is 5.02 Å². The first-order valence-corrected chi connectivity index (χ1v) is 5.34. The lowest BCUT2D eigenvalue weighted by Crippen LogP contribution is -1.89. The van der Waals surface area contributed by atoms with Crippen molar-refractivity contribution in [2.75, 3.05) is 5.73 Å². The average Bonchev–Trinajstić information content (AvgIpc) is 2.72. The van der Waals surface area contributed by atoms with Crippen LogP contribution in [-0.2, 0) is 0 Å². The third-order valence-corrected chi connectivity index (χ3v) is 2.68. The Hall–Kier alpha value is -2.14. The van der Waals surface area contributed by atoms with E-state index in [1.54, 1.807) is 6.20 Å². The normalized spacial score (nSPS) is 10.9. The SMILES string of the molecule is Nc1[nH]nc2nc(-c3ccc(Cl)cc3)cnc12. The van der Waals surface area contributed by atoms with E-state index in [9.17, 15) is 0 Å². The number of halogens is 1. The number of hydrogen-bond donors (Lipinski definition) is 2. The number of nitrogens with zero attached hydrogens (tertiary/aromatic N) is 3. The number of nitrogens with one attached hydrogen (secondary N) is 1. The summed E-state index contributed by atoms with van der Waals surface area (Å²) >= 11 is 5.83. The Bertz CT molecular complexity index is 674. The zero-order chi connectivity index (χ0) is 11.8. The first-order chi connectivity index (χ1) is 8.24. The Morgan fingerprint density at radius 3 is 2.71 bits per heavy atom. The number of hydrogen-bond acceptors (Lipinski definition) is 4. The van der Waals surface area contributed by atoms with E-state index in [1.807, 2.05) is 24.3 Å². The number of aromatic nitrogens is 4. The largest absolute Gasteiger partial charge is 0.382 e. The number of aromatic amines is 1. The standard InChI is InChI=1S/C11H8ClN5/c12-7-3-1-6(2-4-7)8-5-14-9-10(13)16-17-11(9)15-8/h1-5H,(H3,13,15,16,17). The molecular formula is C11H8ClN5. The van der Waals surface area contributed by atoms with Crippen molar-refractivity contribution in [2.24, 2.45) is 0 Å². The van der Waals surface area contributed by atoms with Gasteiger partial charge in [0.15, 0.2) is 5.52 Å². The molecule has 0 bridgehead atoms. The van der Waals surface area contributed by atoms with Crippen LogP contribution < -0.4 is 5.73 Å². The van der Waals surface area contributed by atoms with E-state index in [1.165, 1.54) is 0 Å². The molecule has 5 nitrogen and oxygen atoms in total. The minimum atomic E-state index is 0.426. The molecule has 2 aromatic heterocycles. The predicted octanol–water partition coefficient (Wildman–Crippen LogP) is 2.26. The highest BCUT2D eigenvalue weighted by molar-refractivity contribution is 6.30. The second-order valence-corrected chi connectivity index (χ2v) is 4.01. The molecule has 3 N–H and O–H groups in total. The van der Waals surface area contributed by atoms with E-state index >= 15 is 0 Å². The van der Waals surface area contributed by atoms with E-state index < -0.39 is 0 Å². The molecule has 1 aromatic carbocycles. The number of rotatable bonds is 1. The van der Waals surface area contributed by atoms with Crippen molar-refractivity contribution in [1.29, 1.82) is 0 Å². The highest BCUT2D eigenvalue weighted by atomic mass is 35.5. The lowest BCUT2D eigenvalue weighted by Gasteiger charge is -1.99. The van der Waals surface area contributed by atoms with Crippen LogP contribution in [-0.4, -0.2) is 20.2 Å². The minimum absolute atomic E-state index is 0.426. The third kappa shape index (κ3) is 1.70. The van der Waals surface area contributed by atoms with Crippen LogP contribution in [0, 0.1) is 0 Å². The summed E-state index contributed by atoms with van der Waals surface area (Å²) in [5, 5.41) is 7.31. The molecule has 0 aliphatic carbocycles. The molecule has 3 rings (SSSR count). The third-order valence-electron chi connectivity index (χ3n) is 2.43. The summed E-state index contributed by atoms with van der Waals surface area (Å²) in [7, 11) is 0. The zero-order valence-electron chi connectivity index (χ0n) is 8.68. The van der Waals surface area contributed by atoms with Gasteiger partial charge in [-0.05, 0) is 12.1 Å². The molecule has 3 aromatic rings. The van der Waals surface area contributed by atoms with Gasteiger partial charge in [0.2, 0.25) is 5.65 Å². The lowest BCUT2D eigenvalue weighted by atomic mass is 10.2. The molecule has 84 valence electrons. The van der Waals surface area contributed by atoms with E-state index in [4.69, 9.17) is 17.3 Å². The van der Waals surface area contributed by atoms with Crippen molar-refractivity contribution in [3.05, 3.63) is 35.5 Å². The molecule has 17 heavy (non-hydrogen) atoms. The van der Waals surface area contributed by atoms with Gasteiger partial charge in [-0.25, -0.2) is 9.97 Å². The van der Waals surface area contributed by atoms with Gasteiger partial charge >= 0.3 is 0 Å².